The molecule has 0 radical (unpaired) electrons. The summed E-state index contributed by atoms with van der Waals surface area (Å²) in [7, 11) is 0. The molecule has 0 bridgehead atoms. The lowest BCUT2D eigenvalue weighted by Crippen LogP contribution is -1.80. The van der Waals surface area contributed by atoms with Gasteiger partial charge in [0.1, 0.15) is 0 Å². The van der Waals surface area contributed by atoms with Crippen molar-refractivity contribution in [2.45, 2.75) is 20.8 Å². The van der Waals surface area contributed by atoms with E-state index >= 15 is 0 Å². The van der Waals surface area contributed by atoms with Crippen LogP contribution in [0, 0.1) is 13.8 Å². The number of hydrogen-bond acceptors (Lipinski definition) is 2. The molecular formula is C9H14BrNO2. The molecule has 1 rings (SSSR count). The van der Waals surface area contributed by atoms with Crippen LogP contribution < -0.4 is 0 Å². The fourth-order valence-electron chi connectivity index (χ4n) is 0.758. The Morgan fingerprint density at radius 3 is 2.31 bits per heavy atom. The molecule has 1 aromatic heterocycles. The van der Waals surface area contributed by atoms with E-state index in [1.54, 1.807) is 6.92 Å². The van der Waals surface area contributed by atoms with E-state index in [1.165, 1.54) is 11.4 Å². The van der Waals surface area contributed by atoms with Gasteiger partial charge in [-0.2, -0.15) is 0 Å². The van der Waals surface area contributed by atoms with Gasteiger partial charge in [0, 0.05) is 15.9 Å². The SMILES string of the molecule is CCOC=O.Cc1cc(Br)c(C)[nH]1. The first-order valence-corrected chi connectivity index (χ1v) is 4.78. The molecule has 0 amide bonds. The number of aromatic nitrogens is 1. The van der Waals surface area contributed by atoms with Crippen molar-refractivity contribution >= 4 is 22.4 Å². The third-order valence-corrected chi connectivity index (χ3v) is 2.14. The summed E-state index contributed by atoms with van der Waals surface area (Å²) in [6, 6.07) is 2.06. The Balaban J connectivity index is 0.000000252. The lowest BCUT2D eigenvalue weighted by Gasteiger charge is -1.80. The number of carbonyl (C=O) groups excluding carboxylic acids is 1. The highest BCUT2D eigenvalue weighted by Gasteiger charge is 1.94. The monoisotopic (exact) mass is 247 g/mol. The van der Waals surface area contributed by atoms with Crippen LogP contribution in [-0.2, 0) is 9.53 Å². The highest BCUT2D eigenvalue weighted by molar-refractivity contribution is 9.10. The largest absolute Gasteiger partial charge is 0.468 e. The van der Waals surface area contributed by atoms with Crippen LogP contribution >= 0.6 is 15.9 Å². The number of carbonyl (C=O) groups is 1. The molecule has 0 spiro atoms. The molecule has 1 N–H and O–H groups in total. The Labute approximate surface area is 86.6 Å². The second-order valence-electron chi connectivity index (χ2n) is 2.48. The van der Waals surface area contributed by atoms with Crippen LogP contribution in [0.5, 0.6) is 0 Å². The first kappa shape index (κ1) is 12.2. The zero-order valence-corrected chi connectivity index (χ0v) is 9.64. The molecule has 0 atom stereocenters. The predicted molar refractivity (Wildman–Crippen MR) is 55.7 cm³/mol. The summed E-state index contributed by atoms with van der Waals surface area (Å²) in [4.78, 5) is 12.3. The van der Waals surface area contributed by atoms with Gasteiger partial charge in [-0.15, -0.1) is 0 Å². The summed E-state index contributed by atoms with van der Waals surface area (Å²) in [5.74, 6) is 0. The van der Waals surface area contributed by atoms with Gasteiger partial charge in [0.15, 0.2) is 0 Å². The zero-order valence-electron chi connectivity index (χ0n) is 8.06. The number of aromatic amines is 1. The predicted octanol–water partition coefficient (Wildman–Crippen LogP) is 2.57. The summed E-state index contributed by atoms with van der Waals surface area (Å²) in [6.07, 6.45) is 0. The second-order valence-corrected chi connectivity index (χ2v) is 3.33. The minimum absolute atomic E-state index is 0.431. The van der Waals surface area contributed by atoms with Crippen molar-refractivity contribution in [1.29, 1.82) is 0 Å². The van der Waals surface area contributed by atoms with Gasteiger partial charge in [0.05, 0.1) is 6.61 Å². The molecule has 0 fully saturated rings. The Kier molecular flexibility index (Phi) is 6.32. The number of nitrogens with one attached hydrogen (secondary N) is 1. The first-order chi connectivity index (χ1) is 6.11. The Morgan fingerprint density at radius 1 is 1.62 bits per heavy atom. The van der Waals surface area contributed by atoms with Crippen LogP contribution in [0.3, 0.4) is 0 Å². The van der Waals surface area contributed by atoms with Crippen molar-refractivity contribution in [2.24, 2.45) is 0 Å². The lowest BCUT2D eigenvalue weighted by atomic mass is 10.5. The number of halogens is 1. The van der Waals surface area contributed by atoms with E-state index in [1.807, 2.05) is 13.8 Å². The number of ether oxygens (including phenoxy) is 1. The van der Waals surface area contributed by atoms with Gasteiger partial charge in [0.25, 0.3) is 6.47 Å². The average Bonchev–Trinajstić information content (AvgIpc) is 2.32. The van der Waals surface area contributed by atoms with E-state index in [-0.39, 0.29) is 0 Å². The smallest absolute Gasteiger partial charge is 0.293 e. The minimum Gasteiger partial charge on any atom is -0.468 e. The molecule has 0 saturated heterocycles. The number of aryl methyl sites for hydroxylation is 2. The molecule has 3 nitrogen and oxygen atoms in total. The van der Waals surface area contributed by atoms with Gasteiger partial charge in [-0.3, -0.25) is 4.79 Å². The summed E-state index contributed by atoms with van der Waals surface area (Å²) < 4.78 is 5.31. The van der Waals surface area contributed by atoms with Crippen LogP contribution in [0.2, 0.25) is 0 Å². The Morgan fingerprint density at radius 2 is 2.23 bits per heavy atom. The molecule has 0 aliphatic carbocycles. The maximum absolute atomic E-state index is 9.18. The van der Waals surface area contributed by atoms with Gasteiger partial charge in [-0.25, -0.2) is 0 Å². The second kappa shape index (κ2) is 6.71. The van der Waals surface area contributed by atoms with Gasteiger partial charge >= 0.3 is 0 Å². The van der Waals surface area contributed by atoms with Crippen LogP contribution in [0.15, 0.2) is 10.5 Å². The van der Waals surface area contributed by atoms with Crippen LogP contribution in [0.1, 0.15) is 18.3 Å². The molecule has 0 unspecified atom stereocenters. The van der Waals surface area contributed by atoms with Crippen molar-refractivity contribution in [3.05, 3.63) is 21.9 Å². The van der Waals surface area contributed by atoms with E-state index in [2.05, 4.69) is 31.7 Å². The van der Waals surface area contributed by atoms with Crippen molar-refractivity contribution in [1.82, 2.24) is 4.98 Å². The van der Waals surface area contributed by atoms with Crippen molar-refractivity contribution in [3.63, 3.8) is 0 Å². The molecule has 0 aliphatic heterocycles. The van der Waals surface area contributed by atoms with Crippen LogP contribution in [0.25, 0.3) is 0 Å². The van der Waals surface area contributed by atoms with Gasteiger partial charge in [-0.1, -0.05) is 0 Å². The standard InChI is InChI=1S/C6H8BrN.C3H6O2/c1-4-3-6(7)5(2)8-4;1-2-5-3-4/h3,8H,1-2H3;3H,2H2,1H3. The maximum atomic E-state index is 9.18. The molecule has 0 aromatic carbocycles. The molecule has 1 heterocycles. The molecule has 0 saturated carbocycles. The van der Waals surface area contributed by atoms with E-state index < -0.39 is 0 Å². The van der Waals surface area contributed by atoms with Crippen LogP contribution in [-0.4, -0.2) is 18.1 Å². The van der Waals surface area contributed by atoms with Crippen molar-refractivity contribution in [3.8, 4) is 0 Å². The molecule has 0 aliphatic rings. The summed E-state index contributed by atoms with van der Waals surface area (Å²) >= 11 is 3.38. The molecular weight excluding hydrogens is 234 g/mol. The van der Waals surface area contributed by atoms with E-state index in [4.69, 9.17) is 0 Å². The number of hydrogen-bond donors (Lipinski definition) is 1. The van der Waals surface area contributed by atoms with Gasteiger partial charge in [0.2, 0.25) is 0 Å². The third-order valence-electron chi connectivity index (χ3n) is 1.32. The van der Waals surface area contributed by atoms with Gasteiger partial charge in [-0.05, 0) is 42.8 Å². The minimum atomic E-state index is 0.431. The van der Waals surface area contributed by atoms with Crippen molar-refractivity contribution < 1.29 is 9.53 Å². The Hall–Kier alpha value is -0.770. The zero-order chi connectivity index (χ0) is 10.3. The van der Waals surface area contributed by atoms with Crippen molar-refractivity contribution in [2.75, 3.05) is 6.61 Å². The van der Waals surface area contributed by atoms with E-state index in [0.717, 1.165) is 4.47 Å². The Bertz CT molecular complexity index is 239. The fourth-order valence-corrected chi connectivity index (χ4v) is 1.20. The van der Waals surface area contributed by atoms with Crippen LogP contribution in [0.4, 0.5) is 0 Å². The highest BCUT2D eigenvalue weighted by atomic mass is 79.9. The molecule has 13 heavy (non-hydrogen) atoms. The number of H-pyrrole nitrogens is 1. The lowest BCUT2D eigenvalue weighted by molar-refractivity contribution is -0.128. The maximum Gasteiger partial charge on any atom is 0.293 e. The highest BCUT2D eigenvalue weighted by Crippen LogP contribution is 2.15. The summed E-state index contributed by atoms with van der Waals surface area (Å²) in [6.45, 7) is 6.74. The number of rotatable bonds is 2. The van der Waals surface area contributed by atoms with E-state index in [0.29, 0.717) is 13.1 Å². The fraction of sp³-hybridized carbons (Fsp3) is 0.444. The normalized spacial score (nSPS) is 8.62. The molecule has 4 heteroatoms. The third kappa shape index (κ3) is 5.47. The first-order valence-electron chi connectivity index (χ1n) is 3.98. The molecule has 74 valence electrons. The van der Waals surface area contributed by atoms with E-state index in [9.17, 15) is 4.79 Å². The summed E-state index contributed by atoms with van der Waals surface area (Å²) in [5.41, 5.74) is 2.40. The van der Waals surface area contributed by atoms with Gasteiger partial charge < -0.3 is 9.72 Å². The quantitative estimate of drug-likeness (QED) is 0.817. The average molecular weight is 248 g/mol. The topological polar surface area (TPSA) is 42.1 Å². The molecule has 1 aromatic rings. The summed E-state index contributed by atoms with van der Waals surface area (Å²) in [5, 5.41) is 0.